The number of rotatable bonds is 0. The second kappa shape index (κ2) is 6.96. The Morgan fingerprint density at radius 2 is 1.14 bits per heavy atom. The maximum atomic E-state index is 8.88. The van der Waals surface area contributed by atoms with Crippen LogP contribution < -0.4 is 0 Å². The Balaban J connectivity index is -0.0000000800. The second-order valence-electron chi connectivity index (χ2n) is 0.513. The molecule has 0 aromatic rings. The average molecular weight is 227 g/mol. The van der Waals surface area contributed by atoms with Crippen LogP contribution in [-0.2, 0) is 37.3 Å². The fourth-order valence-corrected chi connectivity index (χ4v) is 0. The van der Waals surface area contributed by atoms with Crippen molar-refractivity contribution in [3.05, 3.63) is 0 Å². The molecule has 0 saturated heterocycles. The van der Waals surface area contributed by atoms with Gasteiger partial charge in [-0.05, 0) is 0 Å². The number of hydrogen-bond acceptors (Lipinski definition) is 1. The SMILES string of the molecule is O=P(O)(O)O.[KH].[Y]. The van der Waals surface area contributed by atoms with E-state index in [0.29, 0.717) is 0 Å². The zero-order valence-electron chi connectivity index (χ0n) is 2.77. The van der Waals surface area contributed by atoms with Crippen LogP contribution in [0.2, 0.25) is 0 Å². The summed E-state index contributed by atoms with van der Waals surface area (Å²) < 4.78 is 8.88. The van der Waals surface area contributed by atoms with Gasteiger partial charge in [0.25, 0.3) is 0 Å². The van der Waals surface area contributed by atoms with Crippen LogP contribution in [-0.4, -0.2) is 66.1 Å². The van der Waals surface area contributed by atoms with Gasteiger partial charge in [0.1, 0.15) is 0 Å². The molecule has 7 heavy (non-hydrogen) atoms. The molecule has 4 nitrogen and oxygen atoms in total. The third-order valence-corrected chi connectivity index (χ3v) is 0. The van der Waals surface area contributed by atoms with Crippen LogP contribution in [0.5, 0.6) is 0 Å². The van der Waals surface area contributed by atoms with Crippen molar-refractivity contribution in [2.75, 3.05) is 0 Å². The second-order valence-corrected chi connectivity index (χ2v) is 1.54. The molecule has 0 rings (SSSR count). The molecule has 37 valence electrons. The van der Waals surface area contributed by atoms with Gasteiger partial charge in [0.05, 0.1) is 0 Å². The molecule has 0 aromatic heterocycles. The molecule has 0 aliphatic carbocycles. The van der Waals surface area contributed by atoms with Crippen molar-refractivity contribution in [3.63, 3.8) is 0 Å². The Morgan fingerprint density at radius 1 is 1.14 bits per heavy atom. The summed E-state index contributed by atoms with van der Waals surface area (Å²) in [5, 5.41) is 0. The zero-order chi connectivity index (χ0) is 4.50. The average Bonchev–Trinajstić information content (AvgIpc) is 0.722. The van der Waals surface area contributed by atoms with E-state index in [4.69, 9.17) is 19.2 Å². The van der Waals surface area contributed by atoms with Gasteiger partial charge in [0.15, 0.2) is 0 Å². The maximum absolute atomic E-state index is 8.88. The topological polar surface area (TPSA) is 77.8 Å². The summed E-state index contributed by atoms with van der Waals surface area (Å²) >= 11 is 0. The first kappa shape index (κ1) is 16.4. The molecule has 0 spiro atoms. The zero-order valence-corrected chi connectivity index (χ0v) is 6.51. The number of hydrogen-bond donors (Lipinski definition) is 3. The first-order chi connectivity index (χ1) is 2.00. The van der Waals surface area contributed by atoms with Crippen LogP contribution in [0.15, 0.2) is 0 Å². The Bertz CT molecular complexity index is 57.8. The van der Waals surface area contributed by atoms with E-state index in [1.165, 1.54) is 0 Å². The first-order valence-electron chi connectivity index (χ1n) is 0.783. The fourth-order valence-electron chi connectivity index (χ4n) is 0. The van der Waals surface area contributed by atoms with Crippen LogP contribution in [0.4, 0.5) is 0 Å². The van der Waals surface area contributed by atoms with Gasteiger partial charge < -0.3 is 14.7 Å². The molecule has 0 atom stereocenters. The quantitative estimate of drug-likeness (QED) is 0.344. The normalized spacial score (nSPS) is 8.43. The minimum Gasteiger partial charge on any atom is 0 e. The summed E-state index contributed by atoms with van der Waals surface area (Å²) in [5.74, 6) is 0. The molecule has 0 unspecified atom stereocenters. The van der Waals surface area contributed by atoms with E-state index in [1.807, 2.05) is 0 Å². The summed E-state index contributed by atoms with van der Waals surface area (Å²) in [4.78, 5) is 21.6. The maximum Gasteiger partial charge on any atom is 0 e. The van der Waals surface area contributed by atoms with Gasteiger partial charge in [-0.15, -0.1) is 0 Å². The van der Waals surface area contributed by atoms with E-state index in [1.54, 1.807) is 0 Å². The van der Waals surface area contributed by atoms with Gasteiger partial charge in [0.2, 0.25) is 0 Å². The molecule has 3 N–H and O–H groups in total. The Kier molecular flexibility index (Phi) is 16.4. The van der Waals surface area contributed by atoms with Crippen molar-refractivity contribution in [1.29, 1.82) is 0 Å². The molecule has 0 aliphatic heterocycles. The standard InChI is InChI=1S/K.H3O4P.Y.H/c;1-5(2,3)4;;/h;(H3,1,2,3,4);;. The van der Waals surface area contributed by atoms with Gasteiger partial charge in [-0.2, -0.15) is 0 Å². The van der Waals surface area contributed by atoms with E-state index in [0.717, 1.165) is 0 Å². The largest absolute Gasteiger partial charge is 0 e. The van der Waals surface area contributed by atoms with Crippen molar-refractivity contribution >= 4 is 59.2 Å². The van der Waals surface area contributed by atoms with Crippen molar-refractivity contribution < 1.29 is 52.0 Å². The molecule has 7 heteroatoms. The Labute approximate surface area is 109 Å². The third-order valence-electron chi connectivity index (χ3n) is 0. The van der Waals surface area contributed by atoms with Gasteiger partial charge in [-0.25, -0.2) is 4.57 Å². The third kappa shape index (κ3) is 51.1. The van der Waals surface area contributed by atoms with E-state index >= 15 is 0 Å². The fraction of sp³-hybridized carbons (Fsp3) is 0. The number of phosphoric acid groups is 1. The van der Waals surface area contributed by atoms with Crippen LogP contribution in [0, 0.1) is 0 Å². The molecular formula is H4KO4PY. The van der Waals surface area contributed by atoms with Gasteiger partial charge in [0, 0.05) is 32.7 Å². The van der Waals surface area contributed by atoms with Crippen LogP contribution in [0.1, 0.15) is 0 Å². The Morgan fingerprint density at radius 3 is 1.14 bits per heavy atom. The van der Waals surface area contributed by atoms with E-state index in [9.17, 15) is 0 Å². The van der Waals surface area contributed by atoms with Gasteiger partial charge >= 0.3 is 59.2 Å². The van der Waals surface area contributed by atoms with E-state index in [2.05, 4.69) is 0 Å². The predicted molar refractivity (Wildman–Crippen MR) is 21.4 cm³/mol. The molecule has 0 amide bonds. The summed E-state index contributed by atoms with van der Waals surface area (Å²) in [7, 11) is -4.64. The molecule has 0 bridgehead atoms. The molecule has 0 heterocycles. The van der Waals surface area contributed by atoms with Crippen LogP contribution in [0.25, 0.3) is 0 Å². The van der Waals surface area contributed by atoms with Gasteiger partial charge in [-0.1, -0.05) is 0 Å². The van der Waals surface area contributed by atoms with Crippen molar-refractivity contribution in [2.45, 2.75) is 0 Å². The summed E-state index contributed by atoms with van der Waals surface area (Å²) in [6.45, 7) is 0. The summed E-state index contributed by atoms with van der Waals surface area (Å²) in [6, 6.07) is 0. The molecule has 0 fully saturated rings. The van der Waals surface area contributed by atoms with Crippen LogP contribution in [0.3, 0.4) is 0 Å². The smallest absolute Gasteiger partial charge is 0 e. The van der Waals surface area contributed by atoms with Crippen molar-refractivity contribution in [2.24, 2.45) is 0 Å². The summed E-state index contributed by atoms with van der Waals surface area (Å²) in [5.41, 5.74) is 0. The minimum absolute atomic E-state index is 0. The van der Waals surface area contributed by atoms with Crippen molar-refractivity contribution in [3.8, 4) is 0 Å². The molecular weight excluding hydrogens is 223 g/mol. The van der Waals surface area contributed by atoms with Crippen molar-refractivity contribution in [1.82, 2.24) is 0 Å². The molecule has 0 aliphatic rings. The molecule has 1 radical (unpaired) electrons. The van der Waals surface area contributed by atoms with Gasteiger partial charge in [-0.3, -0.25) is 0 Å². The van der Waals surface area contributed by atoms with E-state index < -0.39 is 7.82 Å². The Hall–Kier alpha value is 2.85. The van der Waals surface area contributed by atoms with E-state index in [-0.39, 0.29) is 84.1 Å². The monoisotopic (exact) mass is 227 g/mol. The predicted octanol–water partition coefficient (Wildman–Crippen LogP) is -1.58. The first-order valence-corrected chi connectivity index (χ1v) is 2.35. The summed E-state index contributed by atoms with van der Waals surface area (Å²) in [6.07, 6.45) is 0. The molecule has 0 aromatic carbocycles. The minimum atomic E-state index is -4.64. The molecule has 0 saturated carbocycles. The van der Waals surface area contributed by atoms with Crippen LogP contribution >= 0.6 is 7.82 Å².